The van der Waals surface area contributed by atoms with E-state index in [0.29, 0.717) is 0 Å². The van der Waals surface area contributed by atoms with E-state index in [9.17, 15) is 0 Å². The third kappa shape index (κ3) is 1.42. The van der Waals surface area contributed by atoms with Gasteiger partial charge >= 0.3 is 0 Å². The van der Waals surface area contributed by atoms with Crippen molar-refractivity contribution in [3.05, 3.63) is 19.9 Å². The smallest absolute Gasteiger partial charge is 0.129 e. The fourth-order valence-corrected chi connectivity index (χ4v) is 1.39. The van der Waals surface area contributed by atoms with E-state index in [1.54, 1.807) is 6.20 Å². The van der Waals surface area contributed by atoms with E-state index in [0.717, 1.165) is 19.4 Å². The van der Waals surface area contributed by atoms with Gasteiger partial charge in [0.1, 0.15) is 4.60 Å². The predicted molar refractivity (Wildman–Crippen MR) is 53.8 cm³/mol. The molecule has 54 valence electrons. The zero-order chi connectivity index (χ0) is 7.72. The number of rotatable bonds is 0. The van der Waals surface area contributed by atoms with Crippen LogP contribution < -0.4 is 5.73 Å². The van der Waals surface area contributed by atoms with E-state index in [1.807, 2.05) is 6.92 Å². The first-order valence-electron chi connectivity index (χ1n) is 2.69. The summed E-state index contributed by atoms with van der Waals surface area (Å²) in [4.78, 5) is 4.02. The molecule has 0 saturated heterocycles. The molecule has 0 aliphatic heterocycles. The van der Waals surface area contributed by atoms with E-state index in [2.05, 4.69) is 43.5 Å². The molecule has 0 radical (unpaired) electrons. The van der Waals surface area contributed by atoms with E-state index < -0.39 is 0 Å². The summed E-state index contributed by atoms with van der Waals surface area (Å²) in [5, 5.41) is 0. The van der Waals surface area contributed by atoms with Crippen molar-refractivity contribution in [3.8, 4) is 0 Å². The van der Waals surface area contributed by atoms with Crippen molar-refractivity contribution in [3.63, 3.8) is 0 Å². The molecule has 0 unspecified atom stereocenters. The van der Waals surface area contributed by atoms with Gasteiger partial charge in [-0.2, -0.15) is 0 Å². The molecule has 0 amide bonds. The highest BCUT2D eigenvalue weighted by Gasteiger charge is 2.02. The maximum Gasteiger partial charge on any atom is 0.129 e. The normalized spacial score (nSPS) is 9.90. The third-order valence-corrected chi connectivity index (χ3v) is 3.00. The maximum absolute atomic E-state index is 5.67. The van der Waals surface area contributed by atoms with Crippen molar-refractivity contribution < 1.29 is 0 Å². The first kappa shape index (κ1) is 8.26. The third-order valence-electron chi connectivity index (χ3n) is 1.28. The van der Waals surface area contributed by atoms with Crippen LogP contribution in [0.1, 0.15) is 5.56 Å². The molecular formula is C6H6BrIN2. The molecule has 0 aliphatic rings. The molecule has 2 nitrogen and oxygen atoms in total. The van der Waals surface area contributed by atoms with Gasteiger partial charge in [0.05, 0.1) is 5.69 Å². The lowest BCUT2D eigenvalue weighted by molar-refractivity contribution is 1.22. The van der Waals surface area contributed by atoms with Crippen molar-refractivity contribution in [2.75, 3.05) is 5.73 Å². The van der Waals surface area contributed by atoms with Gasteiger partial charge in [-0.05, 0) is 51.0 Å². The number of anilines is 1. The number of pyridine rings is 1. The van der Waals surface area contributed by atoms with Gasteiger partial charge in [0.15, 0.2) is 0 Å². The maximum atomic E-state index is 5.67. The monoisotopic (exact) mass is 312 g/mol. The lowest BCUT2D eigenvalue weighted by Crippen LogP contribution is -1.95. The van der Waals surface area contributed by atoms with Crippen LogP contribution in [-0.2, 0) is 0 Å². The van der Waals surface area contributed by atoms with Gasteiger partial charge in [-0.25, -0.2) is 4.98 Å². The number of halogens is 2. The Balaban J connectivity index is 3.34. The summed E-state index contributed by atoms with van der Waals surface area (Å²) in [6.07, 6.45) is 1.79. The molecule has 1 rings (SSSR count). The molecule has 2 N–H and O–H groups in total. The molecule has 0 spiro atoms. The summed E-state index contributed by atoms with van der Waals surface area (Å²) in [6, 6.07) is 0. The van der Waals surface area contributed by atoms with E-state index in [-0.39, 0.29) is 0 Å². The molecule has 0 fully saturated rings. The van der Waals surface area contributed by atoms with Gasteiger partial charge in [-0.3, -0.25) is 0 Å². The Morgan fingerprint density at radius 3 is 2.80 bits per heavy atom. The van der Waals surface area contributed by atoms with E-state index >= 15 is 0 Å². The largest absolute Gasteiger partial charge is 0.396 e. The van der Waals surface area contributed by atoms with Gasteiger partial charge in [-0.1, -0.05) is 0 Å². The second-order valence-electron chi connectivity index (χ2n) is 1.94. The summed E-state index contributed by atoms with van der Waals surface area (Å²) in [5.74, 6) is 0. The minimum absolute atomic E-state index is 0.727. The summed E-state index contributed by atoms with van der Waals surface area (Å²) < 4.78 is 1.82. The Bertz CT molecular complexity index is 235. The standard InChI is InChI=1S/C6H6BrIN2/c1-3-4(8)2-10-6(7)5(3)9/h2H,9H2,1H3. The van der Waals surface area contributed by atoms with Crippen LogP contribution in [0.4, 0.5) is 5.69 Å². The molecule has 0 saturated carbocycles. The van der Waals surface area contributed by atoms with Crippen molar-refractivity contribution in [2.45, 2.75) is 6.92 Å². The first-order chi connectivity index (χ1) is 4.63. The van der Waals surface area contributed by atoms with Crippen molar-refractivity contribution in [2.24, 2.45) is 0 Å². The van der Waals surface area contributed by atoms with Crippen LogP contribution in [0.2, 0.25) is 0 Å². The quantitative estimate of drug-likeness (QED) is 0.590. The number of nitrogen functional groups attached to an aromatic ring is 1. The Kier molecular flexibility index (Phi) is 2.51. The second-order valence-corrected chi connectivity index (χ2v) is 3.85. The van der Waals surface area contributed by atoms with Crippen LogP contribution in [0, 0.1) is 10.5 Å². The van der Waals surface area contributed by atoms with Crippen molar-refractivity contribution in [1.82, 2.24) is 4.98 Å². The number of hydrogen-bond acceptors (Lipinski definition) is 2. The molecule has 0 aromatic carbocycles. The zero-order valence-electron chi connectivity index (χ0n) is 5.36. The fraction of sp³-hybridized carbons (Fsp3) is 0.167. The average molecular weight is 313 g/mol. The molecule has 1 heterocycles. The van der Waals surface area contributed by atoms with Crippen LogP contribution in [0.15, 0.2) is 10.8 Å². The highest BCUT2D eigenvalue weighted by atomic mass is 127. The van der Waals surface area contributed by atoms with Crippen molar-refractivity contribution >= 4 is 44.2 Å². The molecule has 1 aromatic heterocycles. The molecular weight excluding hydrogens is 307 g/mol. The SMILES string of the molecule is Cc1c(I)cnc(Br)c1N. The molecule has 1 aromatic rings. The van der Waals surface area contributed by atoms with Gasteiger partial charge < -0.3 is 5.73 Å². The Morgan fingerprint density at radius 2 is 2.30 bits per heavy atom. The highest BCUT2D eigenvalue weighted by Crippen LogP contribution is 2.23. The molecule has 4 heteroatoms. The van der Waals surface area contributed by atoms with Gasteiger partial charge in [0.25, 0.3) is 0 Å². The zero-order valence-corrected chi connectivity index (χ0v) is 9.10. The summed E-state index contributed by atoms with van der Waals surface area (Å²) in [5.41, 5.74) is 7.48. The Morgan fingerprint density at radius 1 is 1.70 bits per heavy atom. The fourth-order valence-electron chi connectivity index (χ4n) is 0.563. The molecule has 10 heavy (non-hydrogen) atoms. The van der Waals surface area contributed by atoms with Crippen LogP contribution in [0.3, 0.4) is 0 Å². The lowest BCUT2D eigenvalue weighted by atomic mass is 10.3. The number of nitrogens with two attached hydrogens (primary N) is 1. The predicted octanol–water partition coefficient (Wildman–Crippen LogP) is 2.34. The minimum atomic E-state index is 0.727. The Hall–Kier alpha value is 0.160. The van der Waals surface area contributed by atoms with E-state index in [1.165, 1.54) is 0 Å². The van der Waals surface area contributed by atoms with Crippen LogP contribution in [-0.4, -0.2) is 4.98 Å². The summed E-state index contributed by atoms with van der Waals surface area (Å²) >= 11 is 5.44. The number of hydrogen-bond donors (Lipinski definition) is 1. The molecule has 0 bridgehead atoms. The average Bonchev–Trinajstić information content (AvgIpc) is 1.93. The molecule has 0 aliphatic carbocycles. The Labute approximate surface area is 81.5 Å². The lowest BCUT2D eigenvalue weighted by Gasteiger charge is -2.02. The van der Waals surface area contributed by atoms with Crippen molar-refractivity contribution in [1.29, 1.82) is 0 Å². The molecule has 0 atom stereocenters. The summed E-state index contributed by atoms with van der Waals surface area (Å²) in [6.45, 7) is 1.98. The van der Waals surface area contributed by atoms with Crippen LogP contribution in [0.25, 0.3) is 0 Å². The second kappa shape index (κ2) is 3.04. The van der Waals surface area contributed by atoms with Gasteiger partial charge in [0, 0.05) is 9.77 Å². The first-order valence-corrected chi connectivity index (χ1v) is 4.56. The summed E-state index contributed by atoms with van der Waals surface area (Å²) in [7, 11) is 0. The van der Waals surface area contributed by atoms with E-state index in [4.69, 9.17) is 5.73 Å². The number of aromatic nitrogens is 1. The topological polar surface area (TPSA) is 38.9 Å². The van der Waals surface area contributed by atoms with Crippen LogP contribution >= 0.6 is 38.5 Å². The van der Waals surface area contributed by atoms with Crippen LogP contribution in [0.5, 0.6) is 0 Å². The minimum Gasteiger partial charge on any atom is -0.396 e. The van der Waals surface area contributed by atoms with Gasteiger partial charge in [-0.15, -0.1) is 0 Å². The highest BCUT2D eigenvalue weighted by molar-refractivity contribution is 14.1. The van der Waals surface area contributed by atoms with Gasteiger partial charge in [0.2, 0.25) is 0 Å². The number of nitrogens with zero attached hydrogens (tertiary/aromatic N) is 1.